The van der Waals surface area contributed by atoms with Gasteiger partial charge in [0.25, 0.3) is 0 Å². The lowest BCUT2D eigenvalue weighted by molar-refractivity contribution is -0.144. The van der Waals surface area contributed by atoms with Crippen molar-refractivity contribution in [3.63, 3.8) is 0 Å². The fraction of sp³-hybridized carbons (Fsp3) is 0.417. The Kier molecular flexibility index (Phi) is 6.86. The lowest BCUT2D eigenvalue weighted by Gasteiger charge is -2.11. The highest BCUT2D eigenvalue weighted by molar-refractivity contribution is 7.98. The van der Waals surface area contributed by atoms with Crippen molar-refractivity contribution in [1.29, 1.82) is 0 Å². The zero-order chi connectivity index (χ0) is 13.5. The molecule has 1 unspecified atom stereocenters. The Morgan fingerprint density at radius 3 is 2.61 bits per heavy atom. The number of thioether (sulfide) groups is 1. The standard InChI is InChI=1S/C12H15Cl2NO2S/c1-2-17-12(16)11(15)7-18-6-8-9(13)4-3-5-10(8)14/h3-5,11H,2,6-7,15H2,1H3. The minimum atomic E-state index is -0.615. The molecule has 0 saturated heterocycles. The van der Waals surface area contributed by atoms with Crippen LogP contribution in [0.25, 0.3) is 0 Å². The largest absolute Gasteiger partial charge is 0.465 e. The SMILES string of the molecule is CCOC(=O)C(N)CSCc1c(Cl)cccc1Cl. The van der Waals surface area contributed by atoms with Crippen LogP contribution in [0.1, 0.15) is 12.5 Å². The minimum Gasteiger partial charge on any atom is -0.465 e. The first-order valence-corrected chi connectivity index (χ1v) is 7.40. The summed E-state index contributed by atoms with van der Waals surface area (Å²) in [7, 11) is 0. The highest BCUT2D eigenvalue weighted by Crippen LogP contribution is 2.28. The van der Waals surface area contributed by atoms with E-state index in [-0.39, 0.29) is 5.97 Å². The maximum absolute atomic E-state index is 11.3. The topological polar surface area (TPSA) is 52.3 Å². The van der Waals surface area contributed by atoms with Crippen molar-refractivity contribution in [2.45, 2.75) is 18.7 Å². The zero-order valence-corrected chi connectivity index (χ0v) is 12.3. The summed E-state index contributed by atoms with van der Waals surface area (Å²) in [6, 6.07) is 4.75. The Labute approximate surface area is 121 Å². The van der Waals surface area contributed by atoms with Crippen LogP contribution in [0.2, 0.25) is 10.0 Å². The van der Waals surface area contributed by atoms with Gasteiger partial charge in [-0.15, -0.1) is 0 Å². The van der Waals surface area contributed by atoms with Crippen molar-refractivity contribution >= 4 is 40.9 Å². The number of nitrogens with two attached hydrogens (primary N) is 1. The van der Waals surface area contributed by atoms with E-state index in [1.54, 1.807) is 25.1 Å². The first-order valence-electron chi connectivity index (χ1n) is 5.49. The van der Waals surface area contributed by atoms with Crippen LogP contribution in [-0.4, -0.2) is 24.4 Å². The highest BCUT2D eigenvalue weighted by Gasteiger charge is 2.15. The number of hydrogen-bond acceptors (Lipinski definition) is 4. The van der Waals surface area contributed by atoms with E-state index in [0.29, 0.717) is 28.2 Å². The predicted octanol–water partition coefficient (Wildman–Crippen LogP) is 3.12. The van der Waals surface area contributed by atoms with Gasteiger partial charge in [0.1, 0.15) is 6.04 Å². The molecule has 0 saturated carbocycles. The van der Waals surface area contributed by atoms with Crippen molar-refractivity contribution in [2.24, 2.45) is 5.73 Å². The molecule has 0 bridgehead atoms. The molecule has 0 radical (unpaired) electrons. The second kappa shape index (κ2) is 7.89. The summed E-state index contributed by atoms with van der Waals surface area (Å²) in [5, 5.41) is 1.25. The van der Waals surface area contributed by atoms with Crippen molar-refractivity contribution in [1.82, 2.24) is 0 Å². The van der Waals surface area contributed by atoms with Crippen LogP contribution in [0, 0.1) is 0 Å². The number of rotatable bonds is 6. The molecule has 1 rings (SSSR count). The van der Waals surface area contributed by atoms with Gasteiger partial charge in [-0.1, -0.05) is 29.3 Å². The Morgan fingerprint density at radius 2 is 2.06 bits per heavy atom. The van der Waals surface area contributed by atoms with Crippen LogP contribution in [0.15, 0.2) is 18.2 Å². The van der Waals surface area contributed by atoms with Crippen molar-refractivity contribution in [2.75, 3.05) is 12.4 Å². The number of esters is 1. The average molecular weight is 308 g/mol. The second-order valence-electron chi connectivity index (χ2n) is 3.57. The highest BCUT2D eigenvalue weighted by atomic mass is 35.5. The molecule has 3 nitrogen and oxygen atoms in total. The Hall–Kier alpha value is -0.420. The number of benzene rings is 1. The molecule has 0 aliphatic rings. The summed E-state index contributed by atoms with van der Waals surface area (Å²) >= 11 is 13.6. The summed E-state index contributed by atoms with van der Waals surface area (Å²) in [4.78, 5) is 11.3. The minimum absolute atomic E-state index is 0.341. The molecule has 1 aromatic rings. The van der Waals surface area contributed by atoms with Gasteiger partial charge in [0.15, 0.2) is 0 Å². The summed E-state index contributed by atoms with van der Waals surface area (Å²) < 4.78 is 4.82. The molecule has 100 valence electrons. The number of ether oxygens (including phenoxy) is 1. The molecule has 18 heavy (non-hydrogen) atoms. The van der Waals surface area contributed by atoms with Gasteiger partial charge in [0.2, 0.25) is 0 Å². The van der Waals surface area contributed by atoms with Crippen LogP contribution in [0.3, 0.4) is 0 Å². The molecule has 0 aromatic heterocycles. The van der Waals surface area contributed by atoms with Crippen LogP contribution in [0.4, 0.5) is 0 Å². The molecule has 0 aliphatic carbocycles. The third-order valence-corrected chi connectivity index (χ3v) is 3.99. The van der Waals surface area contributed by atoms with Gasteiger partial charge >= 0.3 is 5.97 Å². The van der Waals surface area contributed by atoms with Crippen molar-refractivity contribution < 1.29 is 9.53 Å². The van der Waals surface area contributed by atoms with Gasteiger partial charge < -0.3 is 10.5 Å². The summed E-state index contributed by atoms with van der Waals surface area (Å²) in [5.41, 5.74) is 6.55. The normalized spacial score (nSPS) is 12.2. The maximum Gasteiger partial charge on any atom is 0.323 e. The van der Waals surface area contributed by atoms with Crippen LogP contribution < -0.4 is 5.73 Å². The van der Waals surface area contributed by atoms with E-state index in [4.69, 9.17) is 33.7 Å². The van der Waals surface area contributed by atoms with E-state index < -0.39 is 6.04 Å². The van der Waals surface area contributed by atoms with Gasteiger partial charge in [-0.05, 0) is 24.6 Å². The summed E-state index contributed by atoms with van der Waals surface area (Å²) in [6.07, 6.45) is 0. The van der Waals surface area contributed by atoms with E-state index in [9.17, 15) is 4.79 Å². The fourth-order valence-electron chi connectivity index (χ4n) is 1.28. The van der Waals surface area contributed by atoms with Crippen molar-refractivity contribution in [3.05, 3.63) is 33.8 Å². The van der Waals surface area contributed by atoms with E-state index in [2.05, 4.69) is 0 Å². The van der Waals surface area contributed by atoms with Crippen LogP contribution >= 0.6 is 35.0 Å². The van der Waals surface area contributed by atoms with E-state index in [1.165, 1.54) is 11.8 Å². The van der Waals surface area contributed by atoms with E-state index >= 15 is 0 Å². The van der Waals surface area contributed by atoms with Gasteiger partial charge in [-0.2, -0.15) is 11.8 Å². The molecular formula is C12H15Cl2NO2S. The molecule has 0 amide bonds. The van der Waals surface area contributed by atoms with Gasteiger partial charge in [0.05, 0.1) is 6.61 Å². The Balaban J connectivity index is 2.44. The quantitative estimate of drug-likeness (QED) is 0.820. The van der Waals surface area contributed by atoms with Gasteiger partial charge in [-0.25, -0.2) is 0 Å². The first-order chi connectivity index (χ1) is 8.56. The van der Waals surface area contributed by atoms with Gasteiger partial charge in [0, 0.05) is 21.6 Å². The van der Waals surface area contributed by atoms with E-state index in [1.807, 2.05) is 0 Å². The van der Waals surface area contributed by atoms with Crippen molar-refractivity contribution in [3.8, 4) is 0 Å². The molecule has 0 spiro atoms. The number of carbonyl (C=O) groups excluding carboxylic acids is 1. The summed E-state index contributed by atoms with van der Waals surface area (Å²) in [6.45, 7) is 2.09. The smallest absolute Gasteiger partial charge is 0.323 e. The van der Waals surface area contributed by atoms with Gasteiger partial charge in [-0.3, -0.25) is 4.79 Å². The molecule has 6 heteroatoms. The number of carbonyl (C=O) groups is 1. The molecule has 2 N–H and O–H groups in total. The monoisotopic (exact) mass is 307 g/mol. The van der Waals surface area contributed by atoms with Crippen LogP contribution in [-0.2, 0) is 15.3 Å². The molecule has 0 heterocycles. The average Bonchev–Trinajstić information content (AvgIpc) is 2.33. The molecule has 1 aromatic carbocycles. The maximum atomic E-state index is 11.3. The molecule has 0 aliphatic heterocycles. The summed E-state index contributed by atoms with van der Waals surface area (Å²) in [5.74, 6) is 0.710. The Morgan fingerprint density at radius 1 is 1.44 bits per heavy atom. The lowest BCUT2D eigenvalue weighted by atomic mass is 10.2. The predicted molar refractivity (Wildman–Crippen MR) is 77.2 cm³/mol. The Bertz CT molecular complexity index is 395. The molecule has 0 fully saturated rings. The van der Waals surface area contributed by atoms with Crippen LogP contribution in [0.5, 0.6) is 0 Å². The molecule has 1 atom stereocenters. The third-order valence-electron chi connectivity index (χ3n) is 2.19. The number of halogens is 2. The fourth-order valence-corrected chi connectivity index (χ4v) is 2.99. The van der Waals surface area contributed by atoms with E-state index in [0.717, 1.165) is 5.56 Å². The second-order valence-corrected chi connectivity index (χ2v) is 5.42. The first kappa shape index (κ1) is 15.6. The zero-order valence-electron chi connectivity index (χ0n) is 9.99. The molecular weight excluding hydrogens is 293 g/mol. The number of hydrogen-bond donors (Lipinski definition) is 1. The third kappa shape index (κ3) is 4.69. The lowest BCUT2D eigenvalue weighted by Crippen LogP contribution is -2.34.